The summed E-state index contributed by atoms with van der Waals surface area (Å²) in [6, 6.07) is 16.5. The highest BCUT2D eigenvalue weighted by molar-refractivity contribution is 5.97. The minimum atomic E-state index is -0.791. The topological polar surface area (TPSA) is 160 Å². The molecule has 44 heavy (non-hydrogen) atoms. The van der Waals surface area contributed by atoms with Crippen LogP contribution in [0, 0.1) is 5.82 Å². The molecule has 230 valence electrons. The van der Waals surface area contributed by atoms with Crippen LogP contribution in [0.3, 0.4) is 0 Å². The number of hydrazine groups is 1. The van der Waals surface area contributed by atoms with Crippen LogP contribution in [-0.4, -0.2) is 41.8 Å². The Morgan fingerprint density at radius 1 is 0.886 bits per heavy atom. The molecule has 0 atom stereocenters. The number of rotatable bonds is 13. The Kier molecular flexibility index (Phi) is 11.2. The smallest absolute Gasteiger partial charge is 0.337 e. The molecule has 0 spiro atoms. The summed E-state index contributed by atoms with van der Waals surface area (Å²) in [7, 11) is 1.55. The highest BCUT2D eigenvalue weighted by Gasteiger charge is 2.14. The van der Waals surface area contributed by atoms with E-state index >= 15 is 0 Å². The summed E-state index contributed by atoms with van der Waals surface area (Å²) in [6.07, 6.45) is 5.08. The van der Waals surface area contributed by atoms with Crippen LogP contribution in [0.1, 0.15) is 42.5 Å². The molecule has 4 aromatic rings. The van der Waals surface area contributed by atoms with Crippen LogP contribution in [0.15, 0.2) is 72.9 Å². The van der Waals surface area contributed by atoms with Crippen molar-refractivity contribution in [3.63, 3.8) is 0 Å². The summed E-state index contributed by atoms with van der Waals surface area (Å²) < 4.78 is 31.3. The Hall–Kier alpha value is -5.43. The van der Waals surface area contributed by atoms with E-state index in [9.17, 15) is 18.8 Å². The van der Waals surface area contributed by atoms with E-state index in [4.69, 9.17) is 19.4 Å². The number of methoxy groups -OCH3 is 1. The van der Waals surface area contributed by atoms with E-state index in [2.05, 4.69) is 21.2 Å². The van der Waals surface area contributed by atoms with Crippen molar-refractivity contribution >= 4 is 34.4 Å². The van der Waals surface area contributed by atoms with Crippen LogP contribution in [0.25, 0.3) is 10.9 Å². The highest BCUT2D eigenvalue weighted by atomic mass is 19.1. The number of halogens is 1. The lowest BCUT2D eigenvalue weighted by atomic mass is 10.1. The largest absolute Gasteiger partial charge is 0.493 e. The van der Waals surface area contributed by atoms with Crippen LogP contribution in [0.2, 0.25) is 0 Å². The lowest BCUT2D eigenvalue weighted by Crippen LogP contribution is -2.44. The first kappa shape index (κ1) is 31.5. The fourth-order valence-electron chi connectivity index (χ4n) is 4.19. The highest BCUT2D eigenvalue weighted by Crippen LogP contribution is 2.37. The zero-order valence-electron chi connectivity index (χ0n) is 23.9. The average Bonchev–Trinajstić information content (AvgIpc) is 3.04. The molecule has 0 bridgehead atoms. The van der Waals surface area contributed by atoms with E-state index in [0.29, 0.717) is 52.6 Å². The molecular weight excluding hydrogens is 573 g/mol. The maximum Gasteiger partial charge on any atom is 0.337 e. The third-order valence-corrected chi connectivity index (χ3v) is 6.42. The molecule has 1 heterocycles. The minimum Gasteiger partial charge on any atom is -0.493 e. The number of pyridine rings is 1. The number of benzene rings is 3. The predicted octanol–water partition coefficient (Wildman–Crippen LogP) is 5.48. The van der Waals surface area contributed by atoms with Crippen LogP contribution >= 0.6 is 0 Å². The minimum absolute atomic E-state index is 0.199. The summed E-state index contributed by atoms with van der Waals surface area (Å²) in [4.78, 5) is 39.8. The molecule has 5 N–H and O–H groups in total. The molecule has 12 nitrogen and oxygen atoms in total. The molecule has 0 saturated carbocycles. The normalized spacial score (nSPS) is 10.5. The van der Waals surface area contributed by atoms with Gasteiger partial charge in [0.1, 0.15) is 17.3 Å². The summed E-state index contributed by atoms with van der Waals surface area (Å²) >= 11 is 0. The third kappa shape index (κ3) is 8.79. The fourth-order valence-corrected chi connectivity index (χ4v) is 4.19. The van der Waals surface area contributed by atoms with Gasteiger partial charge in [0, 0.05) is 29.8 Å². The van der Waals surface area contributed by atoms with Gasteiger partial charge in [0.05, 0.1) is 24.8 Å². The molecule has 4 rings (SSSR count). The Balaban J connectivity index is 1.31. The molecule has 0 unspecified atom stereocenters. The second-order valence-electron chi connectivity index (χ2n) is 9.52. The van der Waals surface area contributed by atoms with Crippen LogP contribution < -0.4 is 35.9 Å². The molecule has 0 fully saturated rings. The molecule has 13 heteroatoms. The van der Waals surface area contributed by atoms with Gasteiger partial charge in [-0.15, -0.1) is 0 Å². The maximum atomic E-state index is 13.7. The molecule has 3 aromatic carbocycles. The average molecular weight is 606 g/mol. The Labute approximate surface area is 252 Å². The summed E-state index contributed by atoms with van der Waals surface area (Å²) in [5, 5.41) is 11.8. The van der Waals surface area contributed by atoms with Gasteiger partial charge in [0.15, 0.2) is 11.5 Å². The van der Waals surface area contributed by atoms with Crippen molar-refractivity contribution in [3.05, 3.63) is 84.3 Å². The number of aromatic nitrogens is 1. The van der Waals surface area contributed by atoms with Gasteiger partial charge in [-0.2, -0.15) is 0 Å². The molecule has 0 saturated heterocycles. The number of carbonyl (C=O) groups is 3. The van der Waals surface area contributed by atoms with Crippen LogP contribution in [-0.2, 0) is 4.79 Å². The Morgan fingerprint density at radius 3 is 2.41 bits per heavy atom. The van der Waals surface area contributed by atoms with E-state index in [1.165, 1.54) is 18.2 Å². The first-order valence-electron chi connectivity index (χ1n) is 13.8. The lowest BCUT2D eigenvalue weighted by Gasteiger charge is -2.14. The number of hydrogen-bond donors (Lipinski definition) is 5. The van der Waals surface area contributed by atoms with Crippen molar-refractivity contribution in [1.29, 1.82) is 0 Å². The van der Waals surface area contributed by atoms with E-state index in [0.717, 1.165) is 25.3 Å². The van der Waals surface area contributed by atoms with E-state index in [-0.39, 0.29) is 17.9 Å². The quantitative estimate of drug-likeness (QED) is 0.0761. The molecule has 0 aliphatic rings. The zero-order chi connectivity index (χ0) is 31.3. The number of nitrogens with one attached hydrogen (secondary N) is 4. The van der Waals surface area contributed by atoms with Gasteiger partial charge in [-0.1, -0.05) is 25.0 Å². The van der Waals surface area contributed by atoms with Crippen molar-refractivity contribution in [2.24, 2.45) is 0 Å². The van der Waals surface area contributed by atoms with Crippen LogP contribution in [0.5, 0.6) is 23.0 Å². The number of ether oxygens (including phenoxy) is 3. The molecule has 0 aliphatic carbocycles. The van der Waals surface area contributed by atoms with Gasteiger partial charge in [-0.05, 0) is 61.4 Å². The van der Waals surface area contributed by atoms with Crippen molar-refractivity contribution in [3.8, 4) is 23.0 Å². The number of carbonyl (C=O) groups excluding carboxylic acids is 3. The number of unbranched alkanes of at least 4 members (excludes halogenated alkanes) is 3. The number of anilines is 1. The maximum absolute atomic E-state index is 13.7. The summed E-state index contributed by atoms with van der Waals surface area (Å²) in [5.74, 6) is 0.198. The Bertz CT molecular complexity index is 1600. The van der Waals surface area contributed by atoms with Crippen molar-refractivity contribution in [1.82, 2.24) is 21.3 Å². The van der Waals surface area contributed by atoms with Gasteiger partial charge in [0.2, 0.25) is 5.91 Å². The van der Waals surface area contributed by atoms with Crippen molar-refractivity contribution in [2.75, 3.05) is 19.0 Å². The zero-order valence-corrected chi connectivity index (χ0v) is 23.9. The monoisotopic (exact) mass is 605 g/mol. The van der Waals surface area contributed by atoms with Gasteiger partial charge in [-0.25, -0.2) is 20.1 Å². The number of hydrogen-bond acceptors (Lipinski definition) is 8. The fraction of sp³-hybridized carbons (Fsp3) is 0.226. The standard InChI is InChI=1S/C31H32FN5O7/c1-42-27-18-23-25(19-28(27)43-17-7-3-2-4-10-29(38)37-41)33-16-15-26(23)44-21-13-11-20(12-14-21)34-31(40)36-35-30(39)22-8-5-6-9-24(22)32/h5-6,8-9,11-16,18-19,41H,2-4,7,10,17H2,1H3,(H,35,39)(H,37,38)(H2,34,36,40). The SMILES string of the molecule is COc1cc2c(Oc3ccc(NC(=O)NNC(=O)c4ccccc4F)cc3)ccnc2cc1OCCCCCCC(=O)NO. The third-order valence-electron chi connectivity index (χ3n) is 6.42. The number of amides is 4. The predicted molar refractivity (Wildman–Crippen MR) is 159 cm³/mol. The summed E-state index contributed by atoms with van der Waals surface area (Å²) in [5.41, 5.74) is 6.82. The Morgan fingerprint density at radius 2 is 1.66 bits per heavy atom. The lowest BCUT2D eigenvalue weighted by molar-refractivity contribution is -0.129. The summed E-state index contributed by atoms with van der Waals surface area (Å²) in [6.45, 7) is 0.459. The van der Waals surface area contributed by atoms with E-state index < -0.39 is 17.8 Å². The number of nitrogens with zero attached hydrogens (tertiary/aromatic N) is 1. The first-order valence-corrected chi connectivity index (χ1v) is 13.8. The number of fused-ring (bicyclic) bond motifs is 1. The second kappa shape index (κ2) is 15.7. The molecule has 1 aromatic heterocycles. The van der Waals surface area contributed by atoms with Crippen molar-refractivity contribution in [2.45, 2.75) is 32.1 Å². The molecule has 4 amide bonds. The number of urea groups is 1. The van der Waals surface area contributed by atoms with E-state index in [1.807, 2.05) is 0 Å². The van der Waals surface area contributed by atoms with Gasteiger partial charge < -0.3 is 19.5 Å². The van der Waals surface area contributed by atoms with Gasteiger partial charge in [-0.3, -0.25) is 25.2 Å². The second-order valence-corrected chi connectivity index (χ2v) is 9.52. The van der Waals surface area contributed by atoms with E-state index in [1.54, 1.807) is 61.3 Å². The van der Waals surface area contributed by atoms with Gasteiger partial charge in [0.25, 0.3) is 5.91 Å². The first-order chi connectivity index (χ1) is 21.4. The molecule has 0 radical (unpaired) electrons. The van der Waals surface area contributed by atoms with Crippen molar-refractivity contribution < 1.29 is 38.2 Å². The number of hydroxylamine groups is 1. The molecule has 0 aliphatic heterocycles. The molecular formula is C31H32FN5O7. The van der Waals surface area contributed by atoms with Crippen LogP contribution in [0.4, 0.5) is 14.9 Å². The van der Waals surface area contributed by atoms with Gasteiger partial charge >= 0.3 is 6.03 Å².